The molecule has 4 N–H and O–H groups in total. The average Bonchev–Trinajstić information content (AvgIpc) is 3.29. The van der Waals surface area contributed by atoms with Crippen molar-refractivity contribution in [1.29, 1.82) is 5.41 Å². The van der Waals surface area contributed by atoms with E-state index >= 15 is 0 Å². The average molecular weight is 427 g/mol. The van der Waals surface area contributed by atoms with Crippen LogP contribution >= 0.6 is 0 Å². The summed E-state index contributed by atoms with van der Waals surface area (Å²) in [6, 6.07) is 7.39. The van der Waals surface area contributed by atoms with Gasteiger partial charge >= 0.3 is 0 Å². The lowest BCUT2D eigenvalue weighted by atomic mass is 9.87. The molecule has 1 heterocycles. The molecule has 0 spiro atoms. The predicted molar refractivity (Wildman–Crippen MR) is 118 cm³/mol. The molecule has 3 aliphatic rings. The van der Waals surface area contributed by atoms with Crippen molar-refractivity contribution in [1.82, 2.24) is 15.5 Å². The largest absolute Gasteiger partial charge is 0.387 e. The number of carbonyl (C=O) groups is 2. The van der Waals surface area contributed by atoms with E-state index in [1.165, 1.54) is 4.90 Å². The van der Waals surface area contributed by atoms with Gasteiger partial charge in [-0.25, -0.2) is 0 Å². The molecule has 0 aromatic heterocycles. The minimum Gasteiger partial charge on any atom is -0.387 e. The van der Waals surface area contributed by atoms with Crippen LogP contribution in [-0.2, 0) is 16.0 Å². The van der Waals surface area contributed by atoms with Gasteiger partial charge in [0.1, 0.15) is 0 Å². The van der Waals surface area contributed by atoms with E-state index in [0.29, 0.717) is 19.4 Å². The van der Waals surface area contributed by atoms with E-state index in [-0.39, 0.29) is 41.1 Å². The molecule has 1 saturated heterocycles. The molecule has 3 unspecified atom stereocenters. The molecule has 2 amide bonds. The minimum atomic E-state index is -1.02. The van der Waals surface area contributed by atoms with Crippen molar-refractivity contribution in [2.75, 3.05) is 6.54 Å². The highest BCUT2D eigenvalue weighted by Gasteiger charge is 2.55. The second-order valence-electron chi connectivity index (χ2n) is 9.87. The molecule has 31 heavy (non-hydrogen) atoms. The number of amides is 2. The number of carbonyl (C=O) groups excluding carboxylic acids is 2. The Morgan fingerprint density at radius 1 is 1.29 bits per heavy atom. The van der Waals surface area contributed by atoms with Crippen LogP contribution in [0.1, 0.15) is 64.1 Å². The Balaban J connectivity index is 1.41. The monoisotopic (exact) mass is 426 g/mol. The molecule has 0 radical (unpaired) electrons. The molecule has 168 valence electrons. The molecule has 1 aliphatic heterocycles. The van der Waals surface area contributed by atoms with Crippen LogP contribution in [-0.4, -0.2) is 45.5 Å². The lowest BCUT2D eigenvalue weighted by Gasteiger charge is -2.42. The van der Waals surface area contributed by atoms with Gasteiger partial charge in [0.25, 0.3) is 0 Å². The van der Waals surface area contributed by atoms with Gasteiger partial charge < -0.3 is 15.7 Å². The third kappa shape index (κ3) is 3.73. The third-order valence-electron chi connectivity index (χ3n) is 7.88. The van der Waals surface area contributed by atoms with Crippen LogP contribution in [0.5, 0.6) is 0 Å². The zero-order valence-corrected chi connectivity index (χ0v) is 18.9. The molecule has 5 atom stereocenters. The minimum absolute atomic E-state index is 0.0171. The summed E-state index contributed by atoms with van der Waals surface area (Å²) in [4.78, 5) is 27.4. The van der Waals surface area contributed by atoms with Crippen LogP contribution in [0.25, 0.3) is 0 Å². The van der Waals surface area contributed by atoms with E-state index in [0.717, 1.165) is 24.0 Å². The standard InChI is InChI=1S/C24H34N4O3/c1-5-24(6-2)12-18(29)28(22(25)27-24)13-17-14(3)19(17)21(30)26-20-16-10-8-7-9-15(16)11-23(20,4)31/h7-10,14,17,19-20,31H,5-6,11-13H2,1-4H3,(H2,25,27)(H,26,30)/t14?,17?,19?,20-,23-/m0/s1. The Morgan fingerprint density at radius 2 is 1.97 bits per heavy atom. The summed E-state index contributed by atoms with van der Waals surface area (Å²) in [5.41, 5.74) is 0.675. The van der Waals surface area contributed by atoms with Gasteiger partial charge in [0.15, 0.2) is 5.96 Å². The number of hydrogen-bond donors (Lipinski definition) is 4. The molecule has 4 rings (SSSR count). The summed E-state index contributed by atoms with van der Waals surface area (Å²) in [7, 11) is 0. The van der Waals surface area contributed by atoms with Crippen LogP contribution < -0.4 is 10.6 Å². The van der Waals surface area contributed by atoms with Gasteiger partial charge in [0, 0.05) is 24.4 Å². The Kier molecular flexibility index (Phi) is 5.36. The number of hydrogen-bond acceptors (Lipinski definition) is 4. The third-order valence-corrected chi connectivity index (χ3v) is 7.88. The molecule has 7 heteroatoms. The summed E-state index contributed by atoms with van der Waals surface area (Å²) in [6.07, 6.45) is 2.47. The fourth-order valence-electron chi connectivity index (χ4n) is 5.48. The smallest absolute Gasteiger partial charge is 0.231 e. The van der Waals surface area contributed by atoms with Crippen molar-refractivity contribution in [3.63, 3.8) is 0 Å². The highest BCUT2D eigenvalue weighted by molar-refractivity contribution is 5.99. The van der Waals surface area contributed by atoms with Crippen molar-refractivity contribution >= 4 is 17.8 Å². The highest BCUT2D eigenvalue weighted by atomic mass is 16.3. The normalized spacial score (nSPS) is 33.6. The first kappa shape index (κ1) is 21.8. The molecule has 1 aromatic rings. The first-order valence-corrected chi connectivity index (χ1v) is 11.4. The van der Waals surface area contributed by atoms with Crippen molar-refractivity contribution in [3.8, 4) is 0 Å². The van der Waals surface area contributed by atoms with E-state index in [1.54, 1.807) is 6.92 Å². The van der Waals surface area contributed by atoms with Crippen LogP contribution in [0.4, 0.5) is 0 Å². The van der Waals surface area contributed by atoms with Crippen LogP contribution in [0.3, 0.4) is 0 Å². The maximum atomic E-state index is 13.1. The number of benzene rings is 1. The first-order valence-electron chi connectivity index (χ1n) is 11.4. The lowest BCUT2D eigenvalue weighted by Crippen LogP contribution is -2.62. The number of nitrogens with one attached hydrogen (secondary N) is 3. The number of guanidine groups is 1. The lowest BCUT2D eigenvalue weighted by molar-refractivity contribution is -0.131. The number of fused-ring (bicyclic) bond motifs is 1. The van der Waals surface area contributed by atoms with Crippen molar-refractivity contribution in [2.24, 2.45) is 17.8 Å². The highest BCUT2D eigenvalue weighted by Crippen LogP contribution is 2.48. The summed E-state index contributed by atoms with van der Waals surface area (Å²) in [5, 5.41) is 25.6. The van der Waals surface area contributed by atoms with E-state index in [4.69, 9.17) is 5.41 Å². The number of rotatable bonds is 6. The second-order valence-corrected chi connectivity index (χ2v) is 9.87. The van der Waals surface area contributed by atoms with E-state index in [2.05, 4.69) is 10.6 Å². The molecular formula is C24H34N4O3. The van der Waals surface area contributed by atoms with Crippen molar-refractivity contribution in [3.05, 3.63) is 35.4 Å². The fourth-order valence-corrected chi connectivity index (χ4v) is 5.48. The molecule has 2 aliphatic carbocycles. The van der Waals surface area contributed by atoms with E-state index in [1.807, 2.05) is 45.0 Å². The zero-order chi connectivity index (χ0) is 22.6. The molecule has 1 saturated carbocycles. The van der Waals surface area contributed by atoms with Crippen molar-refractivity contribution in [2.45, 2.75) is 70.6 Å². The predicted octanol–water partition coefficient (Wildman–Crippen LogP) is 2.35. The SMILES string of the molecule is CCC1(CC)CC(=O)N(CC2C(C)C2C(=O)N[C@H]2c3ccccc3C[C@]2(C)O)C(=N)N1. The molecular weight excluding hydrogens is 392 g/mol. The fraction of sp³-hybridized carbons (Fsp3) is 0.625. The van der Waals surface area contributed by atoms with Gasteiger partial charge in [-0.2, -0.15) is 0 Å². The van der Waals surface area contributed by atoms with Gasteiger partial charge in [-0.05, 0) is 42.7 Å². The van der Waals surface area contributed by atoms with Crippen LogP contribution in [0.15, 0.2) is 24.3 Å². The maximum Gasteiger partial charge on any atom is 0.231 e. The van der Waals surface area contributed by atoms with Crippen LogP contribution in [0, 0.1) is 23.2 Å². The topological polar surface area (TPSA) is 106 Å². The van der Waals surface area contributed by atoms with Gasteiger partial charge in [0.2, 0.25) is 11.8 Å². The summed E-state index contributed by atoms with van der Waals surface area (Å²) < 4.78 is 0. The Hall–Kier alpha value is -2.41. The van der Waals surface area contributed by atoms with Crippen molar-refractivity contribution < 1.29 is 14.7 Å². The Labute approximate surface area is 184 Å². The first-order chi connectivity index (χ1) is 14.6. The Bertz CT molecular complexity index is 888. The molecule has 0 bridgehead atoms. The van der Waals surface area contributed by atoms with Gasteiger partial charge in [-0.1, -0.05) is 45.0 Å². The summed E-state index contributed by atoms with van der Waals surface area (Å²) in [6.45, 7) is 8.23. The molecule has 1 aromatic carbocycles. The van der Waals surface area contributed by atoms with Crippen LogP contribution in [0.2, 0.25) is 0 Å². The molecule has 7 nitrogen and oxygen atoms in total. The summed E-state index contributed by atoms with van der Waals surface area (Å²) >= 11 is 0. The number of aliphatic hydroxyl groups is 1. The van der Waals surface area contributed by atoms with E-state index < -0.39 is 11.6 Å². The van der Waals surface area contributed by atoms with E-state index in [9.17, 15) is 14.7 Å². The second kappa shape index (κ2) is 7.62. The van der Waals surface area contributed by atoms with Gasteiger partial charge in [0.05, 0.1) is 18.1 Å². The summed E-state index contributed by atoms with van der Waals surface area (Å²) in [5.74, 6) is -0.0491. The molecule has 2 fully saturated rings. The van der Waals surface area contributed by atoms with Gasteiger partial charge in [-0.15, -0.1) is 0 Å². The quantitative estimate of drug-likeness (QED) is 0.560. The Morgan fingerprint density at radius 3 is 2.61 bits per heavy atom. The zero-order valence-electron chi connectivity index (χ0n) is 18.9. The number of nitrogens with zero attached hydrogens (tertiary/aromatic N) is 1. The maximum absolute atomic E-state index is 13.1. The van der Waals surface area contributed by atoms with Gasteiger partial charge in [-0.3, -0.25) is 19.9 Å².